The molecule has 0 saturated carbocycles. The Labute approximate surface area is 79.4 Å². The molecule has 1 rings (SSSR count). The van der Waals surface area contributed by atoms with Gasteiger partial charge in [-0.3, -0.25) is 4.79 Å². The number of carbonyl (C=O) groups excluding carboxylic acids is 1. The van der Waals surface area contributed by atoms with Crippen molar-refractivity contribution < 1.29 is 9.53 Å². The number of piperidine rings is 1. The lowest BCUT2D eigenvalue weighted by Crippen LogP contribution is -2.43. The van der Waals surface area contributed by atoms with E-state index in [1.165, 1.54) is 0 Å². The first-order valence-corrected chi connectivity index (χ1v) is 4.66. The van der Waals surface area contributed by atoms with Crippen LogP contribution in [0.5, 0.6) is 0 Å². The van der Waals surface area contributed by atoms with Gasteiger partial charge in [-0.05, 0) is 33.0 Å². The quantitative estimate of drug-likeness (QED) is 0.462. The van der Waals surface area contributed by atoms with Gasteiger partial charge < -0.3 is 14.5 Å². The van der Waals surface area contributed by atoms with Crippen molar-refractivity contribution in [1.82, 2.24) is 9.80 Å². The van der Waals surface area contributed by atoms with E-state index in [9.17, 15) is 4.79 Å². The summed E-state index contributed by atoms with van der Waals surface area (Å²) in [4.78, 5) is 14.7. The van der Waals surface area contributed by atoms with Crippen LogP contribution >= 0.6 is 0 Å². The number of hydrogen-bond donors (Lipinski definition) is 0. The lowest BCUT2D eigenvalue weighted by Gasteiger charge is -2.34. The maximum atomic E-state index is 10.7. The van der Waals surface area contributed by atoms with E-state index >= 15 is 0 Å². The van der Waals surface area contributed by atoms with Gasteiger partial charge in [-0.2, -0.15) is 0 Å². The van der Waals surface area contributed by atoms with E-state index in [0.29, 0.717) is 12.8 Å². The van der Waals surface area contributed by atoms with Crippen molar-refractivity contribution >= 4 is 6.41 Å². The highest BCUT2D eigenvalue weighted by molar-refractivity contribution is 5.47. The average molecular weight is 186 g/mol. The summed E-state index contributed by atoms with van der Waals surface area (Å²) < 4.78 is 4.96. The zero-order chi connectivity index (χ0) is 9.68. The van der Waals surface area contributed by atoms with Crippen LogP contribution in [0.3, 0.4) is 0 Å². The van der Waals surface area contributed by atoms with Gasteiger partial charge in [-0.25, -0.2) is 0 Å². The van der Waals surface area contributed by atoms with Crippen LogP contribution in [0.1, 0.15) is 12.8 Å². The Morgan fingerprint density at radius 2 is 2.15 bits per heavy atom. The predicted octanol–water partition coefficient (Wildman–Crippen LogP) is 0.143. The third-order valence-corrected chi connectivity index (χ3v) is 2.57. The molecule has 0 atom stereocenters. The Balaban J connectivity index is 2.36. The summed E-state index contributed by atoms with van der Waals surface area (Å²) in [5.74, 6) is 0. The summed E-state index contributed by atoms with van der Waals surface area (Å²) in [6.45, 7) is 2.55. The van der Waals surface area contributed by atoms with Crippen molar-refractivity contribution in [3.63, 3.8) is 0 Å². The maximum absolute atomic E-state index is 10.7. The van der Waals surface area contributed by atoms with Gasteiger partial charge in [0.05, 0.1) is 0 Å². The highest BCUT2D eigenvalue weighted by atomic mass is 16.5. The molecule has 0 bridgehead atoms. The third kappa shape index (κ3) is 2.97. The van der Waals surface area contributed by atoms with Gasteiger partial charge in [0.15, 0.2) is 0 Å². The van der Waals surface area contributed by atoms with Gasteiger partial charge in [0.1, 0.15) is 6.73 Å². The molecule has 4 heteroatoms. The van der Waals surface area contributed by atoms with Crippen LogP contribution in [0.25, 0.3) is 0 Å². The van der Waals surface area contributed by atoms with Crippen LogP contribution in [-0.2, 0) is 9.53 Å². The second kappa shape index (κ2) is 5.19. The Hall–Kier alpha value is -0.610. The standard InChI is InChI=1S/C9H18N2O2/c1-10-5-3-9(4-6-10)11(7-12)8-13-2/h7,9H,3-6,8H2,1-2H3. The Morgan fingerprint density at radius 3 is 2.62 bits per heavy atom. The van der Waals surface area contributed by atoms with Crippen molar-refractivity contribution in [3.8, 4) is 0 Å². The van der Waals surface area contributed by atoms with Crippen LogP contribution in [0.2, 0.25) is 0 Å². The van der Waals surface area contributed by atoms with Crippen LogP contribution in [0.15, 0.2) is 0 Å². The molecule has 0 spiro atoms. The first kappa shape index (κ1) is 10.5. The molecule has 0 N–H and O–H groups in total. The highest BCUT2D eigenvalue weighted by Gasteiger charge is 2.21. The first-order chi connectivity index (χ1) is 6.27. The zero-order valence-corrected chi connectivity index (χ0v) is 8.40. The molecule has 13 heavy (non-hydrogen) atoms. The summed E-state index contributed by atoms with van der Waals surface area (Å²) >= 11 is 0. The largest absolute Gasteiger partial charge is 0.364 e. The number of amides is 1. The summed E-state index contributed by atoms with van der Waals surface area (Å²) in [6.07, 6.45) is 3.00. The molecular formula is C9H18N2O2. The molecule has 0 unspecified atom stereocenters. The zero-order valence-electron chi connectivity index (χ0n) is 8.40. The lowest BCUT2D eigenvalue weighted by atomic mass is 10.0. The van der Waals surface area contributed by atoms with Gasteiger partial charge in [-0.1, -0.05) is 0 Å². The van der Waals surface area contributed by atoms with E-state index in [1.807, 2.05) is 0 Å². The smallest absolute Gasteiger partial charge is 0.211 e. The number of hydrogen-bond acceptors (Lipinski definition) is 3. The molecule has 4 nitrogen and oxygen atoms in total. The molecule has 0 radical (unpaired) electrons. The molecule has 1 aliphatic rings. The fourth-order valence-corrected chi connectivity index (χ4v) is 1.70. The summed E-state index contributed by atoms with van der Waals surface area (Å²) in [6, 6.07) is 0.369. The number of nitrogens with zero attached hydrogens (tertiary/aromatic N) is 2. The SMILES string of the molecule is COCN(C=O)C1CCN(C)CC1. The predicted molar refractivity (Wildman–Crippen MR) is 50.3 cm³/mol. The summed E-state index contributed by atoms with van der Waals surface area (Å²) in [5, 5.41) is 0. The van der Waals surface area contributed by atoms with E-state index < -0.39 is 0 Å². The fourth-order valence-electron chi connectivity index (χ4n) is 1.70. The second-order valence-corrected chi connectivity index (χ2v) is 3.57. The van der Waals surface area contributed by atoms with Crippen molar-refractivity contribution in [3.05, 3.63) is 0 Å². The van der Waals surface area contributed by atoms with Gasteiger partial charge in [0.25, 0.3) is 0 Å². The summed E-state index contributed by atoms with van der Waals surface area (Å²) in [7, 11) is 3.73. The lowest BCUT2D eigenvalue weighted by molar-refractivity contribution is -0.126. The molecule has 1 heterocycles. The van der Waals surface area contributed by atoms with Crippen molar-refractivity contribution in [2.75, 3.05) is 34.0 Å². The molecular weight excluding hydrogens is 168 g/mol. The Morgan fingerprint density at radius 1 is 1.54 bits per heavy atom. The molecule has 0 aromatic heterocycles. The minimum atomic E-state index is 0.369. The molecule has 76 valence electrons. The van der Waals surface area contributed by atoms with E-state index in [4.69, 9.17) is 4.74 Å². The molecule has 0 aliphatic carbocycles. The number of rotatable bonds is 4. The Bertz CT molecular complexity index is 156. The van der Waals surface area contributed by atoms with Gasteiger partial charge in [-0.15, -0.1) is 0 Å². The van der Waals surface area contributed by atoms with E-state index in [1.54, 1.807) is 12.0 Å². The van der Waals surface area contributed by atoms with Crippen molar-refractivity contribution in [1.29, 1.82) is 0 Å². The molecule has 0 aromatic carbocycles. The van der Waals surface area contributed by atoms with Crippen LogP contribution in [-0.4, -0.2) is 56.2 Å². The van der Waals surface area contributed by atoms with Gasteiger partial charge >= 0.3 is 0 Å². The number of likely N-dealkylation sites (tertiary alicyclic amines) is 1. The van der Waals surface area contributed by atoms with Crippen molar-refractivity contribution in [2.24, 2.45) is 0 Å². The van der Waals surface area contributed by atoms with Crippen LogP contribution in [0, 0.1) is 0 Å². The average Bonchev–Trinajstić information content (AvgIpc) is 2.16. The van der Waals surface area contributed by atoms with Crippen LogP contribution < -0.4 is 0 Å². The van der Waals surface area contributed by atoms with Crippen LogP contribution in [0.4, 0.5) is 0 Å². The van der Waals surface area contributed by atoms with Crippen molar-refractivity contribution in [2.45, 2.75) is 18.9 Å². The van der Waals surface area contributed by atoms with E-state index in [-0.39, 0.29) is 0 Å². The first-order valence-electron chi connectivity index (χ1n) is 4.66. The minimum Gasteiger partial charge on any atom is -0.364 e. The highest BCUT2D eigenvalue weighted by Crippen LogP contribution is 2.13. The second-order valence-electron chi connectivity index (χ2n) is 3.57. The molecule has 0 aromatic rings. The topological polar surface area (TPSA) is 32.8 Å². The summed E-state index contributed by atoms with van der Waals surface area (Å²) in [5.41, 5.74) is 0. The fraction of sp³-hybridized carbons (Fsp3) is 0.889. The van der Waals surface area contributed by atoms with Gasteiger partial charge in [0, 0.05) is 13.2 Å². The number of carbonyl (C=O) groups is 1. The Kier molecular flexibility index (Phi) is 4.18. The van der Waals surface area contributed by atoms with E-state index in [2.05, 4.69) is 11.9 Å². The molecule has 1 fully saturated rings. The molecule has 1 aliphatic heterocycles. The monoisotopic (exact) mass is 186 g/mol. The van der Waals surface area contributed by atoms with E-state index in [0.717, 1.165) is 32.3 Å². The maximum Gasteiger partial charge on any atom is 0.211 e. The number of methoxy groups -OCH3 is 1. The molecule has 1 amide bonds. The molecule has 1 saturated heterocycles. The minimum absolute atomic E-state index is 0.369. The number of ether oxygens (including phenoxy) is 1. The normalized spacial score (nSPS) is 20.2. The third-order valence-electron chi connectivity index (χ3n) is 2.57. The van der Waals surface area contributed by atoms with Gasteiger partial charge in [0.2, 0.25) is 6.41 Å².